The minimum absolute atomic E-state index is 0. The average molecular weight is 246 g/mol. The number of carbonyl (C=O) groups is 1. The Morgan fingerprint density at radius 2 is 2.12 bits per heavy atom. The van der Waals surface area contributed by atoms with E-state index in [4.69, 9.17) is 10.8 Å². The third-order valence-corrected chi connectivity index (χ3v) is 2.43. The summed E-state index contributed by atoms with van der Waals surface area (Å²) in [6.45, 7) is 0. The van der Waals surface area contributed by atoms with E-state index in [2.05, 4.69) is 4.98 Å². The molecule has 82 valence electrons. The Bertz CT molecular complexity index is 495. The molecule has 4 N–H and O–H groups in total. The van der Waals surface area contributed by atoms with Gasteiger partial charge < -0.3 is 15.8 Å². The van der Waals surface area contributed by atoms with E-state index in [1.54, 1.807) is 0 Å². The van der Waals surface area contributed by atoms with Crippen LogP contribution in [0.1, 0.15) is 5.56 Å². The number of aromatic nitrogens is 1. The third-order valence-electron chi connectivity index (χ3n) is 2.43. The first kappa shape index (κ1) is 13.5. The van der Waals surface area contributed by atoms with E-state index in [0.29, 0.717) is 6.42 Å². The van der Waals surface area contributed by atoms with Gasteiger partial charge in [-0.3, -0.25) is 4.79 Å². The first-order chi connectivity index (χ1) is 7.18. The normalized spacial score (nSPS) is 12.1. The van der Waals surface area contributed by atoms with Gasteiger partial charge in [0.05, 0.1) is 0 Å². The van der Waals surface area contributed by atoms with Gasteiger partial charge in [0.2, 0.25) is 0 Å². The fourth-order valence-electron chi connectivity index (χ4n) is 1.62. The second-order valence-corrected chi connectivity index (χ2v) is 3.51. The average Bonchev–Trinajstić information content (AvgIpc) is 2.62. The topological polar surface area (TPSA) is 79.1 Å². The van der Waals surface area contributed by atoms with E-state index in [1.807, 2.05) is 30.5 Å². The number of aliphatic carboxylic acids is 1. The molecule has 0 spiro atoms. The van der Waals surface area contributed by atoms with Crippen molar-refractivity contribution in [1.82, 2.24) is 4.98 Å². The first-order valence-corrected chi connectivity index (χ1v) is 4.72. The molecule has 16 heavy (non-hydrogen) atoms. The van der Waals surface area contributed by atoms with Gasteiger partial charge in [0, 0.05) is 23.5 Å². The molecule has 1 aromatic carbocycles. The van der Waals surface area contributed by atoms with Crippen LogP contribution in [0.3, 0.4) is 0 Å². The molecular weight excluding hydrogens is 232 g/mol. The van der Waals surface area contributed by atoms with Gasteiger partial charge >= 0.3 is 43.7 Å². The summed E-state index contributed by atoms with van der Waals surface area (Å²) in [6, 6.07) is 6.91. The van der Waals surface area contributed by atoms with Crippen LogP contribution in [0.5, 0.6) is 0 Å². The molecule has 0 radical (unpaired) electrons. The quantitative estimate of drug-likeness (QED) is 0.677. The molecule has 0 saturated heterocycles. The molecule has 5 heteroatoms. The second kappa shape index (κ2) is 5.68. The number of carboxylic acids is 1. The second-order valence-electron chi connectivity index (χ2n) is 3.51. The Hall–Kier alpha value is -0.550. The molecule has 1 atom stereocenters. The molecule has 0 amide bonds. The van der Waals surface area contributed by atoms with E-state index < -0.39 is 12.0 Å². The van der Waals surface area contributed by atoms with Gasteiger partial charge in [0.15, 0.2) is 0 Å². The van der Waals surface area contributed by atoms with Crippen LogP contribution in [0, 0.1) is 0 Å². The minimum atomic E-state index is -0.972. The number of nitrogens with one attached hydrogen (secondary N) is 1. The molecule has 1 heterocycles. The van der Waals surface area contributed by atoms with E-state index in [0.717, 1.165) is 16.5 Å². The number of hydrogen-bond acceptors (Lipinski definition) is 2. The molecule has 0 aliphatic rings. The Morgan fingerprint density at radius 3 is 2.81 bits per heavy atom. The molecule has 0 saturated carbocycles. The Kier molecular flexibility index (Phi) is 4.80. The van der Waals surface area contributed by atoms with Crippen molar-refractivity contribution in [2.45, 2.75) is 12.5 Å². The number of H-pyrrole nitrogens is 1. The standard InChI is InChI=1S/C11H12N2O2.Ca.2H/c12-9(11(14)15)5-7-6-13-10-4-2-1-3-8(7)10;;;/h1-4,6,9,13H,5,12H2,(H,14,15);;;. The SMILES string of the molecule is NC(Cc1c[nH]c2ccccc12)C(=O)O.[CaH2]. The van der Waals surface area contributed by atoms with Crippen molar-refractivity contribution in [2.75, 3.05) is 0 Å². The van der Waals surface area contributed by atoms with Gasteiger partial charge in [-0.25, -0.2) is 0 Å². The molecule has 0 aliphatic carbocycles. The van der Waals surface area contributed by atoms with Crippen molar-refractivity contribution in [3.8, 4) is 0 Å². The van der Waals surface area contributed by atoms with Crippen LogP contribution in [0.4, 0.5) is 0 Å². The predicted molar refractivity (Wildman–Crippen MR) is 66.2 cm³/mol. The number of carboxylic acid groups (broad SMARTS) is 1. The fourth-order valence-corrected chi connectivity index (χ4v) is 1.62. The maximum absolute atomic E-state index is 10.6. The molecule has 1 unspecified atom stereocenters. The van der Waals surface area contributed by atoms with Crippen molar-refractivity contribution in [1.29, 1.82) is 0 Å². The van der Waals surface area contributed by atoms with Crippen LogP contribution in [-0.4, -0.2) is 59.8 Å². The molecule has 2 aromatic rings. The van der Waals surface area contributed by atoms with Crippen LogP contribution < -0.4 is 5.73 Å². The van der Waals surface area contributed by atoms with Crippen LogP contribution in [0.15, 0.2) is 30.5 Å². The number of aromatic amines is 1. The van der Waals surface area contributed by atoms with E-state index in [-0.39, 0.29) is 37.7 Å². The van der Waals surface area contributed by atoms with Gasteiger partial charge in [0.1, 0.15) is 6.04 Å². The van der Waals surface area contributed by atoms with Crippen molar-refractivity contribution in [3.05, 3.63) is 36.0 Å². The van der Waals surface area contributed by atoms with Gasteiger partial charge in [-0.1, -0.05) is 18.2 Å². The number of fused-ring (bicyclic) bond motifs is 1. The number of nitrogens with two attached hydrogens (primary N) is 1. The summed E-state index contributed by atoms with van der Waals surface area (Å²) in [5, 5.41) is 9.75. The zero-order valence-electron chi connectivity index (χ0n) is 8.10. The van der Waals surface area contributed by atoms with Crippen LogP contribution in [0.2, 0.25) is 0 Å². The Morgan fingerprint density at radius 1 is 1.44 bits per heavy atom. The van der Waals surface area contributed by atoms with Gasteiger partial charge in [-0.2, -0.15) is 0 Å². The van der Waals surface area contributed by atoms with Crippen molar-refractivity contribution >= 4 is 54.6 Å². The molecule has 0 aliphatic heterocycles. The van der Waals surface area contributed by atoms with E-state index >= 15 is 0 Å². The summed E-state index contributed by atoms with van der Waals surface area (Å²) < 4.78 is 0. The molecule has 0 bridgehead atoms. The fraction of sp³-hybridized carbons (Fsp3) is 0.182. The van der Waals surface area contributed by atoms with Gasteiger partial charge in [0.25, 0.3) is 0 Å². The van der Waals surface area contributed by atoms with Crippen LogP contribution >= 0.6 is 0 Å². The summed E-state index contributed by atoms with van der Waals surface area (Å²) >= 11 is 0. The Balaban J connectivity index is 0.00000128. The number of rotatable bonds is 3. The summed E-state index contributed by atoms with van der Waals surface area (Å²) in [5.41, 5.74) is 7.43. The van der Waals surface area contributed by atoms with Crippen molar-refractivity contribution in [2.24, 2.45) is 5.73 Å². The number of para-hydroxylation sites is 1. The maximum atomic E-state index is 10.6. The summed E-state index contributed by atoms with van der Waals surface area (Å²) in [7, 11) is 0. The van der Waals surface area contributed by atoms with E-state index in [9.17, 15) is 4.79 Å². The van der Waals surface area contributed by atoms with Crippen molar-refractivity contribution in [3.63, 3.8) is 0 Å². The molecular formula is C11H14CaN2O2. The third kappa shape index (κ3) is 2.77. The molecule has 0 fully saturated rings. The Labute approximate surface area is 123 Å². The number of hydrogen-bond donors (Lipinski definition) is 3. The summed E-state index contributed by atoms with van der Waals surface area (Å²) in [6.07, 6.45) is 2.16. The first-order valence-electron chi connectivity index (χ1n) is 4.72. The van der Waals surface area contributed by atoms with Crippen molar-refractivity contribution < 1.29 is 9.90 Å². The molecule has 4 nitrogen and oxygen atoms in total. The van der Waals surface area contributed by atoms with Crippen LogP contribution in [0.25, 0.3) is 10.9 Å². The molecule has 2 rings (SSSR count). The molecule has 1 aromatic heterocycles. The monoisotopic (exact) mass is 246 g/mol. The predicted octanol–water partition coefficient (Wildman–Crippen LogP) is 0.206. The van der Waals surface area contributed by atoms with Gasteiger partial charge in [-0.15, -0.1) is 0 Å². The van der Waals surface area contributed by atoms with Gasteiger partial charge in [-0.05, 0) is 11.6 Å². The van der Waals surface area contributed by atoms with Crippen LogP contribution in [-0.2, 0) is 11.2 Å². The summed E-state index contributed by atoms with van der Waals surface area (Å²) in [5.74, 6) is -0.972. The zero-order valence-corrected chi connectivity index (χ0v) is 8.10. The zero-order chi connectivity index (χ0) is 10.8. The number of benzene rings is 1. The van der Waals surface area contributed by atoms with E-state index in [1.165, 1.54) is 0 Å². The summed E-state index contributed by atoms with van der Waals surface area (Å²) in [4.78, 5) is 13.7.